The molecule has 0 amide bonds. The number of ether oxygens (including phenoxy) is 2. The summed E-state index contributed by atoms with van der Waals surface area (Å²) in [5.74, 6) is 8.69. The lowest BCUT2D eigenvalue weighted by Gasteiger charge is -2.32. The minimum Gasteiger partial charge on any atom is -0.493 e. The third-order valence-corrected chi connectivity index (χ3v) is 5.04. The third-order valence-electron chi connectivity index (χ3n) is 5.04. The molecule has 0 saturated carbocycles. The van der Waals surface area contributed by atoms with E-state index in [2.05, 4.69) is 31.8 Å². The predicted octanol–water partition coefficient (Wildman–Crippen LogP) is 5.02. The Kier molecular flexibility index (Phi) is 6.46. The Balaban J connectivity index is 1.58. The Labute approximate surface area is 167 Å². The molecular weight excluding hydrogens is 352 g/mol. The van der Waals surface area contributed by atoms with Crippen molar-refractivity contribution in [2.75, 3.05) is 13.2 Å². The van der Waals surface area contributed by atoms with Crippen LogP contribution in [0.25, 0.3) is 0 Å². The average Bonchev–Trinajstić information content (AvgIpc) is 3.12. The molecule has 0 radical (unpaired) electrons. The van der Waals surface area contributed by atoms with Crippen molar-refractivity contribution in [1.29, 1.82) is 0 Å². The van der Waals surface area contributed by atoms with Crippen LogP contribution >= 0.6 is 0 Å². The van der Waals surface area contributed by atoms with Crippen LogP contribution in [0.2, 0.25) is 0 Å². The zero-order valence-corrected chi connectivity index (χ0v) is 17.0. The van der Waals surface area contributed by atoms with Crippen LogP contribution in [0.5, 0.6) is 5.75 Å². The Morgan fingerprint density at radius 2 is 2.04 bits per heavy atom. The third kappa shape index (κ3) is 5.19. The van der Waals surface area contributed by atoms with Crippen LogP contribution in [0.4, 0.5) is 0 Å². The molecule has 1 aromatic heterocycles. The first-order chi connectivity index (χ1) is 13.5. The first kappa shape index (κ1) is 20.1. The van der Waals surface area contributed by atoms with E-state index in [1.807, 2.05) is 31.2 Å². The van der Waals surface area contributed by atoms with E-state index >= 15 is 0 Å². The van der Waals surface area contributed by atoms with Crippen LogP contribution in [0.1, 0.15) is 69.1 Å². The highest BCUT2D eigenvalue weighted by molar-refractivity contribution is 5.69. The number of benzene rings is 1. The molecular formula is C24H28O4. The maximum atomic E-state index is 11.3. The van der Waals surface area contributed by atoms with E-state index < -0.39 is 0 Å². The SMILES string of the molecule is CCOC(=O)CCCCc1ccc(C#Cc2ccc3c(c2)C(C)(C)CCO3)o1. The van der Waals surface area contributed by atoms with Crippen molar-refractivity contribution in [3.05, 3.63) is 53.0 Å². The number of hydrogen-bond acceptors (Lipinski definition) is 4. The fourth-order valence-electron chi connectivity index (χ4n) is 3.33. The van der Waals surface area contributed by atoms with Crippen LogP contribution in [0, 0.1) is 11.8 Å². The molecule has 1 aliphatic heterocycles. The normalized spacial score (nSPS) is 14.4. The number of carbonyl (C=O) groups excluding carboxylic acids is 1. The van der Waals surface area contributed by atoms with Gasteiger partial charge in [0, 0.05) is 24.0 Å². The second kappa shape index (κ2) is 9.01. The molecule has 4 nitrogen and oxygen atoms in total. The molecule has 0 aliphatic carbocycles. The number of unbranched alkanes of at least 4 members (excludes halogenated alkanes) is 1. The summed E-state index contributed by atoms with van der Waals surface area (Å²) >= 11 is 0. The molecule has 2 heterocycles. The smallest absolute Gasteiger partial charge is 0.305 e. The molecule has 0 unspecified atom stereocenters. The largest absolute Gasteiger partial charge is 0.493 e. The molecule has 0 saturated heterocycles. The summed E-state index contributed by atoms with van der Waals surface area (Å²) in [7, 11) is 0. The lowest BCUT2D eigenvalue weighted by molar-refractivity contribution is -0.143. The summed E-state index contributed by atoms with van der Waals surface area (Å²) in [5, 5.41) is 0. The number of fused-ring (bicyclic) bond motifs is 1. The van der Waals surface area contributed by atoms with Crippen LogP contribution in [0.3, 0.4) is 0 Å². The van der Waals surface area contributed by atoms with Gasteiger partial charge < -0.3 is 13.9 Å². The molecule has 0 atom stereocenters. The number of esters is 1. The first-order valence-corrected chi connectivity index (χ1v) is 10.0. The van der Waals surface area contributed by atoms with Gasteiger partial charge in [-0.3, -0.25) is 4.79 Å². The summed E-state index contributed by atoms with van der Waals surface area (Å²) in [4.78, 5) is 11.3. The van der Waals surface area contributed by atoms with Gasteiger partial charge >= 0.3 is 5.97 Å². The van der Waals surface area contributed by atoms with Gasteiger partial charge in [0.2, 0.25) is 0 Å². The number of rotatable bonds is 6. The van der Waals surface area contributed by atoms with Gasteiger partial charge in [-0.1, -0.05) is 19.8 Å². The average molecular weight is 380 g/mol. The molecule has 0 N–H and O–H groups in total. The molecule has 1 aromatic carbocycles. The summed E-state index contributed by atoms with van der Waals surface area (Å²) < 4.78 is 16.5. The standard InChI is InChI=1S/C24H28O4/c1-4-26-23(25)8-6-5-7-19-12-13-20(28-19)11-9-18-10-14-22-21(17-18)24(2,3)15-16-27-22/h10,12-14,17H,4-8,15-16H2,1-3H3. The number of hydrogen-bond donors (Lipinski definition) is 0. The Hall–Kier alpha value is -2.67. The Bertz CT molecular complexity index is 879. The second-order valence-corrected chi connectivity index (χ2v) is 7.72. The summed E-state index contributed by atoms with van der Waals surface area (Å²) in [6.45, 7) is 7.51. The molecule has 0 bridgehead atoms. The molecule has 2 aromatic rings. The van der Waals surface area contributed by atoms with E-state index in [9.17, 15) is 4.79 Å². The highest BCUT2D eigenvalue weighted by Crippen LogP contribution is 2.38. The first-order valence-electron chi connectivity index (χ1n) is 10.0. The van der Waals surface area contributed by atoms with Crippen molar-refractivity contribution in [1.82, 2.24) is 0 Å². The molecule has 28 heavy (non-hydrogen) atoms. The maximum Gasteiger partial charge on any atom is 0.305 e. The van der Waals surface area contributed by atoms with Gasteiger partial charge in [0.25, 0.3) is 0 Å². The van der Waals surface area contributed by atoms with E-state index in [1.54, 1.807) is 0 Å². The summed E-state index contributed by atoms with van der Waals surface area (Å²) in [5.41, 5.74) is 2.28. The minimum absolute atomic E-state index is 0.104. The van der Waals surface area contributed by atoms with Crippen LogP contribution < -0.4 is 4.74 Å². The molecule has 3 rings (SSSR count). The fraction of sp³-hybridized carbons (Fsp3) is 0.458. The molecule has 0 spiro atoms. The van der Waals surface area contributed by atoms with Gasteiger partial charge in [0.15, 0.2) is 5.76 Å². The zero-order valence-electron chi connectivity index (χ0n) is 17.0. The zero-order chi connectivity index (χ0) is 20.0. The van der Waals surface area contributed by atoms with E-state index in [-0.39, 0.29) is 11.4 Å². The Morgan fingerprint density at radius 3 is 2.86 bits per heavy atom. The fourth-order valence-corrected chi connectivity index (χ4v) is 3.33. The van der Waals surface area contributed by atoms with E-state index in [0.29, 0.717) is 18.8 Å². The number of furan rings is 1. The second-order valence-electron chi connectivity index (χ2n) is 7.72. The van der Waals surface area contributed by atoms with Gasteiger partial charge in [-0.15, -0.1) is 0 Å². The summed E-state index contributed by atoms with van der Waals surface area (Å²) in [6.07, 6.45) is 3.95. The van der Waals surface area contributed by atoms with Gasteiger partial charge in [-0.25, -0.2) is 0 Å². The molecule has 1 aliphatic rings. The lowest BCUT2D eigenvalue weighted by atomic mass is 9.79. The summed E-state index contributed by atoms with van der Waals surface area (Å²) in [6, 6.07) is 9.99. The van der Waals surface area contributed by atoms with Crippen LogP contribution in [-0.2, 0) is 21.4 Å². The quantitative estimate of drug-likeness (QED) is 0.401. The van der Waals surface area contributed by atoms with Gasteiger partial charge in [-0.05, 0) is 67.9 Å². The van der Waals surface area contributed by atoms with Crippen molar-refractivity contribution < 1.29 is 18.7 Å². The van der Waals surface area contributed by atoms with Crippen molar-refractivity contribution in [2.45, 2.75) is 58.3 Å². The highest BCUT2D eigenvalue weighted by atomic mass is 16.5. The monoisotopic (exact) mass is 380 g/mol. The number of aryl methyl sites for hydroxylation is 1. The number of carbonyl (C=O) groups is 1. The molecule has 148 valence electrons. The van der Waals surface area contributed by atoms with Crippen LogP contribution in [0.15, 0.2) is 34.7 Å². The topological polar surface area (TPSA) is 48.7 Å². The van der Waals surface area contributed by atoms with Gasteiger partial charge in [-0.2, -0.15) is 0 Å². The van der Waals surface area contributed by atoms with Gasteiger partial charge in [0.1, 0.15) is 11.5 Å². The minimum atomic E-state index is -0.132. The predicted molar refractivity (Wildman–Crippen MR) is 108 cm³/mol. The van der Waals surface area contributed by atoms with E-state index in [0.717, 1.165) is 49.4 Å². The maximum absolute atomic E-state index is 11.3. The molecule has 0 fully saturated rings. The lowest BCUT2D eigenvalue weighted by Crippen LogP contribution is -2.26. The van der Waals surface area contributed by atoms with Gasteiger partial charge in [0.05, 0.1) is 13.2 Å². The van der Waals surface area contributed by atoms with E-state index in [1.165, 1.54) is 5.56 Å². The van der Waals surface area contributed by atoms with E-state index in [4.69, 9.17) is 13.9 Å². The Morgan fingerprint density at radius 1 is 1.18 bits per heavy atom. The van der Waals surface area contributed by atoms with Crippen LogP contribution in [-0.4, -0.2) is 19.2 Å². The molecule has 4 heteroatoms. The highest BCUT2D eigenvalue weighted by Gasteiger charge is 2.28. The van der Waals surface area contributed by atoms with Crippen molar-refractivity contribution in [3.63, 3.8) is 0 Å². The van der Waals surface area contributed by atoms with Crippen molar-refractivity contribution in [2.24, 2.45) is 0 Å². The van der Waals surface area contributed by atoms with Crippen molar-refractivity contribution >= 4 is 5.97 Å². The van der Waals surface area contributed by atoms with Crippen molar-refractivity contribution in [3.8, 4) is 17.6 Å².